The number of phenols is 3. The SMILES string of the molecule is CCCc1cc([I-]N)cc(CN(CC)Cc2ccc(O)c(O)c2)c1O. The van der Waals surface area contributed by atoms with Gasteiger partial charge in [-0.3, -0.25) is 0 Å². The van der Waals surface area contributed by atoms with Gasteiger partial charge in [0, 0.05) is 0 Å². The summed E-state index contributed by atoms with van der Waals surface area (Å²) in [4.78, 5) is 2.18. The molecule has 5 N–H and O–H groups in total. The third-order valence-electron chi connectivity index (χ3n) is 4.17. The zero-order valence-electron chi connectivity index (χ0n) is 14.7. The van der Waals surface area contributed by atoms with Crippen LogP contribution in [0.5, 0.6) is 17.2 Å². The first-order chi connectivity index (χ1) is 12.0. The van der Waals surface area contributed by atoms with E-state index in [1.165, 1.54) is 6.07 Å². The molecule has 0 aliphatic rings. The van der Waals surface area contributed by atoms with Crippen LogP contribution in [0.4, 0.5) is 0 Å². The van der Waals surface area contributed by atoms with E-state index >= 15 is 0 Å². The summed E-state index contributed by atoms with van der Waals surface area (Å²) in [6, 6.07) is 8.90. The van der Waals surface area contributed by atoms with E-state index in [-0.39, 0.29) is 11.5 Å². The maximum atomic E-state index is 10.6. The molecule has 0 fully saturated rings. The van der Waals surface area contributed by atoms with E-state index in [1.54, 1.807) is 12.1 Å². The first-order valence-electron chi connectivity index (χ1n) is 8.39. The molecule has 2 aromatic rings. The van der Waals surface area contributed by atoms with Crippen molar-refractivity contribution >= 4 is 0 Å². The Balaban J connectivity index is 2.22. The van der Waals surface area contributed by atoms with Gasteiger partial charge in [0.25, 0.3) is 0 Å². The molecule has 0 saturated carbocycles. The second-order valence-electron chi connectivity index (χ2n) is 6.06. The molecule has 0 unspecified atom stereocenters. The van der Waals surface area contributed by atoms with Crippen molar-refractivity contribution in [2.24, 2.45) is 3.95 Å². The molecule has 138 valence electrons. The summed E-state index contributed by atoms with van der Waals surface area (Å²) in [5.74, 6) is 0.139. The predicted octanol–water partition coefficient (Wildman–Crippen LogP) is -0.0897. The van der Waals surface area contributed by atoms with E-state index in [9.17, 15) is 15.3 Å². The molecule has 0 atom stereocenters. The molecular weight excluding hydrogens is 431 g/mol. The molecule has 2 aromatic carbocycles. The second-order valence-corrected chi connectivity index (χ2v) is 7.93. The molecule has 25 heavy (non-hydrogen) atoms. The Morgan fingerprint density at radius 2 is 1.68 bits per heavy atom. The van der Waals surface area contributed by atoms with Gasteiger partial charge in [-0.1, -0.05) is 0 Å². The number of nitrogens with two attached hydrogens (primary N) is 1. The number of aryl methyl sites for hydroxylation is 1. The van der Waals surface area contributed by atoms with Crippen molar-refractivity contribution < 1.29 is 36.8 Å². The fourth-order valence-electron chi connectivity index (χ4n) is 2.81. The number of rotatable bonds is 8. The molecule has 2 rings (SSSR count). The number of aromatic hydroxyl groups is 3. The van der Waals surface area contributed by atoms with Crippen LogP contribution in [-0.2, 0) is 19.5 Å². The van der Waals surface area contributed by atoms with E-state index in [4.69, 9.17) is 3.95 Å². The van der Waals surface area contributed by atoms with E-state index in [1.807, 2.05) is 12.1 Å². The van der Waals surface area contributed by atoms with Crippen molar-refractivity contribution in [1.82, 2.24) is 4.90 Å². The Bertz CT molecular complexity index is 722. The van der Waals surface area contributed by atoms with Gasteiger partial charge in [0.1, 0.15) is 0 Å². The summed E-state index contributed by atoms with van der Waals surface area (Å²) >= 11 is -0.527. The molecule has 0 spiro atoms. The monoisotopic (exact) mass is 457 g/mol. The molecule has 0 saturated heterocycles. The first kappa shape index (κ1) is 19.8. The molecule has 6 heteroatoms. The van der Waals surface area contributed by atoms with E-state index in [0.717, 1.165) is 39.6 Å². The summed E-state index contributed by atoms with van der Waals surface area (Å²) in [6.45, 7) is 6.18. The molecular formula is C19H26IN2O3-. The summed E-state index contributed by atoms with van der Waals surface area (Å²) in [7, 11) is 0. The van der Waals surface area contributed by atoms with Crippen molar-refractivity contribution in [2.75, 3.05) is 6.54 Å². The molecule has 0 heterocycles. The maximum absolute atomic E-state index is 10.6. The number of hydrogen-bond donors (Lipinski definition) is 4. The molecule has 0 bridgehead atoms. The van der Waals surface area contributed by atoms with Gasteiger partial charge in [-0.15, -0.1) is 0 Å². The number of nitrogens with zero attached hydrogens (tertiary/aromatic N) is 1. The van der Waals surface area contributed by atoms with E-state index in [2.05, 4.69) is 18.7 Å². The Morgan fingerprint density at radius 3 is 2.28 bits per heavy atom. The van der Waals surface area contributed by atoms with Gasteiger partial charge in [0.2, 0.25) is 0 Å². The number of hydrogen-bond acceptors (Lipinski definition) is 5. The number of benzene rings is 2. The third-order valence-corrected chi connectivity index (χ3v) is 5.51. The molecule has 0 radical (unpaired) electrons. The third kappa shape index (κ3) is 5.23. The molecule has 5 nitrogen and oxygen atoms in total. The molecule has 0 amide bonds. The fraction of sp³-hybridized carbons (Fsp3) is 0.368. The first-order valence-corrected chi connectivity index (χ1v) is 10.7. The summed E-state index contributed by atoms with van der Waals surface area (Å²) in [5.41, 5.74) is 2.78. The van der Waals surface area contributed by atoms with Gasteiger partial charge in [-0.2, -0.15) is 0 Å². The van der Waals surface area contributed by atoms with Gasteiger partial charge in [-0.25, -0.2) is 0 Å². The van der Waals surface area contributed by atoms with Crippen molar-refractivity contribution in [2.45, 2.75) is 39.8 Å². The quantitative estimate of drug-likeness (QED) is 0.253. The van der Waals surface area contributed by atoms with Crippen molar-refractivity contribution in [3.8, 4) is 17.2 Å². The summed E-state index contributed by atoms with van der Waals surface area (Å²) in [5, 5.41) is 29.7. The van der Waals surface area contributed by atoms with Crippen LogP contribution in [0.2, 0.25) is 0 Å². The Kier molecular flexibility index (Phi) is 7.34. The van der Waals surface area contributed by atoms with Crippen molar-refractivity contribution in [1.29, 1.82) is 0 Å². The summed E-state index contributed by atoms with van der Waals surface area (Å²) in [6.07, 6.45) is 1.82. The van der Waals surface area contributed by atoms with Crippen LogP contribution in [0, 0.1) is 3.57 Å². The van der Waals surface area contributed by atoms with Crippen LogP contribution in [0.3, 0.4) is 0 Å². The number of halogens is 1. The van der Waals surface area contributed by atoms with Crippen molar-refractivity contribution in [3.05, 3.63) is 50.6 Å². The predicted molar refractivity (Wildman–Crippen MR) is 94.5 cm³/mol. The molecule has 0 aliphatic heterocycles. The minimum atomic E-state index is -0.527. The van der Waals surface area contributed by atoms with E-state index < -0.39 is 21.5 Å². The Morgan fingerprint density at radius 1 is 0.960 bits per heavy atom. The van der Waals surface area contributed by atoms with Gasteiger partial charge in [0.05, 0.1) is 0 Å². The Hall–Kier alpha value is -1.51. The fourth-order valence-corrected chi connectivity index (χ4v) is 3.92. The minimum absolute atomic E-state index is 0.114. The van der Waals surface area contributed by atoms with Gasteiger partial charge in [-0.05, 0) is 0 Å². The van der Waals surface area contributed by atoms with Crippen LogP contribution in [0.1, 0.15) is 37.0 Å². The van der Waals surface area contributed by atoms with Crippen LogP contribution in [0.15, 0.2) is 30.3 Å². The molecule has 0 aromatic heterocycles. The Labute approximate surface area is 159 Å². The summed E-state index contributed by atoms with van der Waals surface area (Å²) < 4.78 is 7.05. The van der Waals surface area contributed by atoms with E-state index in [0.29, 0.717) is 18.8 Å². The second kappa shape index (κ2) is 9.26. The van der Waals surface area contributed by atoms with Crippen molar-refractivity contribution in [3.63, 3.8) is 0 Å². The van der Waals surface area contributed by atoms with Crippen LogP contribution >= 0.6 is 0 Å². The van der Waals surface area contributed by atoms with Crippen LogP contribution in [-0.4, -0.2) is 26.8 Å². The van der Waals surface area contributed by atoms with Crippen LogP contribution < -0.4 is 25.4 Å². The zero-order chi connectivity index (χ0) is 18.4. The van der Waals surface area contributed by atoms with Gasteiger partial charge >= 0.3 is 160 Å². The van der Waals surface area contributed by atoms with Gasteiger partial charge < -0.3 is 0 Å². The number of phenolic OH excluding ortho intramolecular Hbond substituents is 3. The van der Waals surface area contributed by atoms with Crippen LogP contribution in [0.25, 0.3) is 0 Å². The topological polar surface area (TPSA) is 90.0 Å². The normalized spacial score (nSPS) is 11.4. The average Bonchev–Trinajstić information content (AvgIpc) is 2.60. The average molecular weight is 457 g/mol. The zero-order valence-corrected chi connectivity index (χ0v) is 16.8. The standard InChI is InChI=1S/C19H26IN2O3/c1-3-5-14-9-16(20-21)10-15(19(14)25)12-22(4-2)11-13-6-7-17(23)18(24)8-13/h6-10,23-25H,3-5,11-12,21H2,1-2H3/q-1. The van der Waals surface area contributed by atoms with Gasteiger partial charge in [0.15, 0.2) is 0 Å². The molecule has 0 aliphatic carbocycles.